The van der Waals surface area contributed by atoms with Crippen molar-refractivity contribution in [2.24, 2.45) is 0 Å². The molecule has 0 spiro atoms. The maximum atomic E-state index is 12.4. The highest BCUT2D eigenvalue weighted by atomic mass is 16.3. The van der Waals surface area contributed by atoms with Gasteiger partial charge < -0.3 is 9.73 Å². The predicted molar refractivity (Wildman–Crippen MR) is 88.8 cm³/mol. The lowest BCUT2D eigenvalue weighted by Crippen LogP contribution is -2.04. The molecule has 0 aliphatic rings. The SMILES string of the molecule is O=c1cc(-c2cnccn2)oc2c(Nc3ccccn3)nccc12. The summed E-state index contributed by atoms with van der Waals surface area (Å²) in [5.41, 5.74) is 0.642. The first kappa shape index (κ1) is 14.0. The molecular formula is C17H11N5O2. The van der Waals surface area contributed by atoms with Crippen LogP contribution in [0.3, 0.4) is 0 Å². The van der Waals surface area contributed by atoms with Crippen molar-refractivity contribution in [2.75, 3.05) is 5.32 Å². The lowest BCUT2D eigenvalue weighted by Gasteiger charge is -2.08. The van der Waals surface area contributed by atoms with Gasteiger partial charge >= 0.3 is 0 Å². The molecule has 1 N–H and O–H groups in total. The molecule has 4 aromatic rings. The van der Waals surface area contributed by atoms with E-state index < -0.39 is 0 Å². The van der Waals surface area contributed by atoms with Crippen molar-refractivity contribution in [3.8, 4) is 11.5 Å². The number of nitrogens with zero attached hydrogens (tertiary/aromatic N) is 4. The van der Waals surface area contributed by atoms with E-state index >= 15 is 0 Å². The standard InChI is InChI=1S/C17H11N5O2/c23-13-9-14(12-10-18-7-8-19-12)24-16-11(13)4-6-21-17(16)22-15-3-1-2-5-20-15/h1-10H,(H,20,21,22). The van der Waals surface area contributed by atoms with Gasteiger partial charge in [0.1, 0.15) is 11.5 Å². The molecule has 4 rings (SSSR count). The average molecular weight is 317 g/mol. The number of hydrogen-bond acceptors (Lipinski definition) is 7. The van der Waals surface area contributed by atoms with Gasteiger partial charge in [-0.25, -0.2) is 15.0 Å². The second-order valence-electron chi connectivity index (χ2n) is 4.94. The van der Waals surface area contributed by atoms with Crippen LogP contribution in [0.1, 0.15) is 0 Å². The molecule has 4 heterocycles. The van der Waals surface area contributed by atoms with Gasteiger partial charge in [0, 0.05) is 30.9 Å². The fourth-order valence-corrected chi connectivity index (χ4v) is 2.28. The summed E-state index contributed by atoms with van der Waals surface area (Å²) in [4.78, 5) is 29.0. The van der Waals surface area contributed by atoms with Crippen molar-refractivity contribution in [3.05, 3.63) is 71.5 Å². The lowest BCUT2D eigenvalue weighted by molar-refractivity contribution is 0.615. The Labute approximate surface area is 136 Å². The number of fused-ring (bicyclic) bond motifs is 1. The first-order chi connectivity index (χ1) is 11.8. The molecule has 4 aromatic heterocycles. The van der Waals surface area contributed by atoms with Crippen LogP contribution in [0.2, 0.25) is 0 Å². The Balaban J connectivity index is 1.89. The van der Waals surface area contributed by atoms with E-state index in [1.54, 1.807) is 30.7 Å². The zero-order chi connectivity index (χ0) is 16.4. The van der Waals surface area contributed by atoms with E-state index in [2.05, 4.69) is 25.3 Å². The van der Waals surface area contributed by atoms with E-state index in [-0.39, 0.29) is 5.43 Å². The molecule has 0 aliphatic heterocycles. The molecule has 116 valence electrons. The van der Waals surface area contributed by atoms with Crippen molar-refractivity contribution in [1.82, 2.24) is 19.9 Å². The third-order valence-corrected chi connectivity index (χ3v) is 3.37. The molecule has 0 aromatic carbocycles. The molecule has 0 radical (unpaired) electrons. The Kier molecular flexibility index (Phi) is 3.43. The molecule has 0 bridgehead atoms. The first-order valence-electron chi connectivity index (χ1n) is 7.18. The summed E-state index contributed by atoms with van der Waals surface area (Å²) < 4.78 is 5.88. The van der Waals surface area contributed by atoms with Gasteiger partial charge in [0.15, 0.2) is 22.6 Å². The van der Waals surface area contributed by atoms with Crippen LogP contribution in [0.15, 0.2) is 70.5 Å². The Morgan fingerprint density at radius 3 is 2.71 bits per heavy atom. The van der Waals surface area contributed by atoms with Gasteiger partial charge in [-0.05, 0) is 18.2 Å². The Bertz CT molecular complexity index is 1050. The molecule has 7 nitrogen and oxygen atoms in total. The number of hydrogen-bond donors (Lipinski definition) is 1. The van der Waals surface area contributed by atoms with Crippen molar-refractivity contribution in [2.45, 2.75) is 0 Å². The number of aromatic nitrogens is 4. The summed E-state index contributed by atoms with van der Waals surface area (Å²) in [5.74, 6) is 1.34. The smallest absolute Gasteiger partial charge is 0.193 e. The molecule has 0 saturated carbocycles. The van der Waals surface area contributed by atoms with E-state index in [0.29, 0.717) is 34.1 Å². The molecule has 0 atom stereocenters. The second-order valence-corrected chi connectivity index (χ2v) is 4.94. The minimum absolute atomic E-state index is 0.177. The topological polar surface area (TPSA) is 93.8 Å². The Morgan fingerprint density at radius 2 is 1.92 bits per heavy atom. The van der Waals surface area contributed by atoms with Crippen LogP contribution in [0, 0.1) is 0 Å². The highest BCUT2D eigenvalue weighted by Crippen LogP contribution is 2.25. The number of pyridine rings is 2. The maximum absolute atomic E-state index is 12.4. The third-order valence-electron chi connectivity index (χ3n) is 3.37. The third kappa shape index (κ3) is 2.58. The monoisotopic (exact) mass is 317 g/mol. The van der Waals surface area contributed by atoms with Gasteiger partial charge in [-0.2, -0.15) is 0 Å². The summed E-state index contributed by atoms with van der Waals surface area (Å²) in [6, 6.07) is 8.48. The van der Waals surface area contributed by atoms with E-state index in [4.69, 9.17) is 4.42 Å². The van der Waals surface area contributed by atoms with Gasteiger partial charge in [0.25, 0.3) is 0 Å². The molecule has 0 unspecified atom stereocenters. The van der Waals surface area contributed by atoms with E-state index in [9.17, 15) is 4.79 Å². The Hall–Kier alpha value is -3.61. The molecular weight excluding hydrogens is 306 g/mol. The van der Waals surface area contributed by atoms with Gasteiger partial charge in [0.2, 0.25) is 0 Å². The van der Waals surface area contributed by atoms with Gasteiger partial charge in [-0.15, -0.1) is 0 Å². The summed E-state index contributed by atoms with van der Waals surface area (Å²) in [6.45, 7) is 0. The van der Waals surface area contributed by atoms with E-state index in [0.717, 1.165) is 0 Å². The number of anilines is 2. The largest absolute Gasteiger partial charge is 0.450 e. The molecule has 7 heteroatoms. The van der Waals surface area contributed by atoms with Crippen LogP contribution < -0.4 is 10.7 Å². The summed E-state index contributed by atoms with van der Waals surface area (Å²) in [7, 11) is 0. The second kappa shape index (κ2) is 5.88. The van der Waals surface area contributed by atoms with Crippen LogP contribution >= 0.6 is 0 Å². The van der Waals surface area contributed by atoms with E-state index in [1.807, 2.05) is 12.1 Å². The lowest BCUT2D eigenvalue weighted by atomic mass is 10.2. The van der Waals surface area contributed by atoms with Gasteiger partial charge in [0.05, 0.1) is 11.6 Å². The van der Waals surface area contributed by atoms with Crippen LogP contribution in [0.5, 0.6) is 0 Å². The van der Waals surface area contributed by atoms with Crippen LogP contribution in [0.25, 0.3) is 22.4 Å². The zero-order valence-electron chi connectivity index (χ0n) is 12.4. The zero-order valence-corrected chi connectivity index (χ0v) is 12.4. The normalized spacial score (nSPS) is 10.7. The first-order valence-corrected chi connectivity index (χ1v) is 7.18. The van der Waals surface area contributed by atoms with Crippen LogP contribution in [-0.4, -0.2) is 19.9 Å². The molecule has 0 saturated heterocycles. The average Bonchev–Trinajstić information content (AvgIpc) is 2.64. The number of rotatable bonds is 3. The molecule has 0 fully saturated rings. The molecule has 24 heavy (non-hydrogen) atoms. The maximum Gasteiger partial charge on any atom is 0.193 e. The van der Waals surface area contributed by atoms with Crippen LogP contribution in [0.4, 0.5) is 11.6 Å². The summed E-state index contributed by atoms with van der Waals surface area (Å²) in [5, 5.41) is 3.49. The number of nitrogens with one attached hydrogen (secondary N) is 1. The quantitative estimate of drug-likeness (QED) is 0.621. The van der Waals surface area contributed by atoms with Crippen molar-refractivity contribution in [1.29, 1.82) is 0 Å². The van der Waals surface area contributed by atoms with Crippen molar-refractivity contribution in [3.63, 3.8) is 0 Å². The summed E-state index contributed by atoms with van der Waals surface area (Å²) >= 11 is 0. The highest BCUT2D eigenvalue weighted by molar-refractivity contribution is 5.88. The predicted octanol–water partition coefficient (Wildman–Crippen LogP) is 2.78. The highest BCUT2D eigenvalue weighted by Gasteiger charge is 2.12. The fraction of sp³-hybridized carbons (Fsp3) is 0. The molecule has 0 aliphatic carbocycles. The van der Waals surface area contributed by atoms with Crippen molar-refractivity contribution < 1.29 is 4.42 Å². The van der Waals surface area contributed by atoms with Crippen molar-refractivity contribution >= 4 is 22.6 Å². The van der Waals surface area contributed by atoms with Crippen LogP contribution in [-0.2, 0) is 0 Å². The molecule has 0 amide bonds. The summed E-state index contributed by atoms with van der Waals surface area (Å²) in [6.07, 6.45) is 7.83. The Morgan fingerprint density at radius 1 is 0.958 bits per heavy atom. The van der Waals surface area contributed by atoms with E-state index in [1.165, 1.54) is 18.5 Å². The minimum atomic E-state index is -0.177. The fourth-order valence-electron chi connectivity index (χ4n) is 2.28. The minimum Gasteiger partial charge on any atom is -0.450 e. The van der Waals surface area contributed by atoms with Gasteiger partial charge in [-0.1, -0.05) is 6.07 Å². The van der Waals surface area contributed by atoms with Gasteiger partial charge in [-0.3, -0.25) is 9.78 Å².